The number of benzene rings is 2. The van der Waals surface area contributed by atoms with Crippen LogP contribution in [0.2, 0.25) is 0 Å². The Balaban J connectivity index is 1.88. The molecule has 7 nitrogen and oxygen atoms in total. The molecule has 1 heterocycles. The van der Waals surface area contributed by atoms with E-state index in [9.17, 15) is 14.4 Å². The summed E-state index contributed by atoms with van der Waals surface area (Å²) in [5, 5.41) is 3.78. The highest BCUT2D eigenvalue weighted by Gasteiger charge is 2.17. The van der Waals surface area contributed by atoms with Crippen LogP contribution in [0.15, 0.2) is 58.5 Å². The summed E-state index contributed by atoms with van der Waals surface area (Å²) >= 11 is 1.22. The van der Waals surface area contributed by atoms with Gasteiger partial charge in [0.1, 0.15) is 0 Å². The maximum Gasteiger partial charge on any atom is 0.305 e. The minimum atomic E-state index is -0.304. The minimum Gasteiger partial charge on any atom is -0.469 e. The number of aromatic nitrogens is 2. The van der Waals surface area contributed by atoms with Crippen molar-refractivity contribution in [2.45, 2.75) is 37.8 Å². The molecule has 0 saturated heterocycles. The topological polar surface area (TPSA) is 90.3 Å². The highest BCUT2D eigenvalue weighted by molar-refractivity contribution is 7.99. The average Bonchev–Trinajstić information content (AvgIpc) is 2.80. The van der Waals surface area contributed by atoms with Crippen LogP contribution in [0.5, 0.6) is 0 Å². The van der Waals surface area contributed by atoms with Crippen LogP contribution >= 0.6 is 11.8 Å². The molecule has 32 heavy (non-hydrogen) atoms. The number of nitrogens with zero attached hydrogens (tertiary/aromatic N) is 2. The van der Waals surface area contributed by atoms with Gasteiger partial charge < -0.3 is 10.1 Å². The van der Waals surface area contributed by atoms with Crippen LogP contribution in [-0.4, -0.2) is 40.8 Å². The van der Waals surface area contributed by atoms with Crippen LogP contribution in [0.4, 0.5) is 0 Å². The summed E-state index contributed by atoms with van der Waals surface area (Å²) in [5.74, 6) is -0.180. The Morgan fingerprint density at radius 3 is 2.59 bits per heavy atom. The van der Waals surface area contributed by atoms with Crippen LogP contribution in [0.1, 0.15) is 38.2 Å². The molecule has 0 unspecified atom stereocenters. The number of ether oxygens (including phenoxy) is 1. The summed E-state index contributed by atoms with van der Waals surface area (Å²) in [5.41, 5.74) is 2.23. The van der Waals surface area contributed by atoms with E-state index in [4.69, 9.17) is 4.98 Å². The fourth-order valence-electron chi connectivity index (χ4n) is 3.34. The van der Waals surface area contributed by atoms with E-state index in [1.54, 1.807) is 16.7 Å². The quantitative estimate of drug-likeness (QED) is 0.230. The highest BCUT2D eigenvalue weighted by Crippen LogP contribution is 2.27. The highest BCUT2D eigenvalue weighted by atomic mass is 32.2. The molecule has 0 bridgehead atoms. The molecule has 2 aromatic carbocycles. The van der Waals surface area contributed by atoms with Gasteiger partial charge in [-0.05, 0) is 36.1 Å². The van der Waals surface area contributed by atoms with E-state index in [1.165, 1.54) is 18.9 Å². The summed E-state index contributed by atoms with van der Waals surface area (Å²) in [6.07, 6.45) is 0.755. The number of carbonyl (C=O) groups excluding carboxylic acids is 2. The van der Waals surface area contributed by atoms with Crippen molar-refractivity contribution in [2.24, 2.45) is 0 Å². The molecule has 8 heteroatoms. The normalized spacial score (nSPS) is 11.0. The van der Waals surface area contributed by atoms with Crippen molar-refractivity contribution in [1.82, 2.24) is 14.9 Å². The third-order valence-corrected chi connectivity index (χ3v) is 5.92. The van der Waals surface area contributed by atoms with E-state index in [1.807, 2.05) is 36.4 Å². The maximum absolute atomic E-state index is 13.4. The molecule has 0 aliphatic carbocycles. The third-order valence-electron chi connectivity index (χ3n) is 4.98. The molecule has 3 rings (SSSR count). The number of amides is 1. The van der Waals surface area contributed by atoms with E-state index in [-0.39, 0.29) is 35.5 Å². The molecule has 1 aromatic heterocycles. The Labute approximate surface area is 191 Å². The SMILES string of the molecule is COC(=O)CCCNC(=O)CSc1nc2ccccc2c(=O)n1-c1ccccc1C(C)C. The lowest BCUT2D eigenvalue weighted by Crippen LogP contribution is -2.28. The molecule has 0 aliphatic heterocycles. The summed E-state index contributed by atoms with van der Waals surface area (Å²) < 4.78 is 6.20. The summed E-state index contributed by atoms with van der Waals surface area (Å²) in [6.45, 7) is 4.53. The van der Waals surface area contributed by atoms with Gasteiger partial charge >= 0.3 is 5.97 Å². The van der Waals surface area contributed by atoms with Crippen molar-refractivity contribution in [3.8, 4) is 5.69 Å². The Kier molecular flexibility index (Phi) is 8.05. The largest absolute Gasteiger partial charge is 0.469 e. The van der Waals surface area contributed by atoms with E-state index in [2.05, 4.69) is 23.9 Å². The summed E-state index contributed by atoms with van der Waals surface area (Å²) in [4.78, 5) is 41.7. The number of thioether (sulfide) groups is 1. The number of para-hydroxylation sites is 2. The number of esters is 1. The van der Waals surface area contributed by atoms with Gasteiger partial charge in [0, 0.05) is 13.0 Å². The van der Waals surface area contributed by atoms with Gasteiger partial charge in [0.2, 0.25) is 5.91 Å². The number of hydrogen-bond acceptors (Lipinski definition) is 6. The molecular weight excluding hydrogens is 426 g/mol. The summed E-state index contributed by atoms with van der Waals surface area (Å²) in [7, 11) is 1.34. The fraction of sp³-hybridized carbons (Fsp3) is 0.333. The second-order valence-electron chi connectivity index (χ2n) is 7.58. The lowest BCUT2D eigenvalue weighted by molar-refractivity contribution is -0.140. The minimum absolute atomic E-state index is 0.104. The van der Waals surface area contributed by atoms with Crippen molar-refractivity contribution < 1.29 is 14.3 Å². The van der Waals surface area contributed by atoms with Gasteiger partial charge in [-0.3, -0.25) is 19.0 Å². The lowest BCUT2D eigenvalue weighted by Gasteiger charge is -2.18. The molecule has 1 N–H and O–H groups in total. The standard InChI is InChI=1S/C24H27N3O4S/c1-16(2)17-9-5-7-12-20(17)27-23(30)18-10-4-6-11-19(18)26-24(27)32-15-21(28)25-14-8-13-22(29)31-3/h4-7,9-12,16H,8,13-15H2,1-3H3,(H,25,28). The number of nitrogens with one attached hydrogen (secondary N) is 1. The number of rotatable bonds is 9. The molecule has 1 amide bonds. The predicted molar refractivity (Wildman–Crippen MR) is 126 cm³/mol. The monoisotopic (exact) mass is 453 g/mol. The second kappa shape index (κ2) is 10.9. The molecule has 0 atom stereocenters. The van der Waals surface area contributed by atoms with Gasteiger partial charge in [-0.1, -0.05) is 55.9 Å². The first-order valence-corrected chi connectivity index (χ1v) is 11.5. The Morgan fingerprint density at radius 2 is 1.84 bits per heavy atom. The van der Waals surface area contributed by atoms with Gasteiger partial charge in [-0.15, -0.1) is 0 Å². The van der Waals surface area contributed by atoms with Gasteiger partial charge in [-0.25, -0.2) is 4.98 Å². The van der Waals surface area contributed by atoms with Gasteiger partial charge in [-0.2, -0.15) is 0 Å². The molecule has 0 aliphatic rings. The smallest absolute Gasteiger partial charge is 0.305 e. The van der Waals surface area contributed by atoms with Crippen molar-refractivity contribution in [3.05, 3.63) is 64.4 Å². The number of carbonyl (C=O) groups is 2. The van der Waals surface area contributed by atoms with Gasteiger partial charge in [0.15, 0.2) is 5.16 Å². The Bertz CT molecular complexity index is 1170. The average molecular weight is 454 g/mol. The Hall–Kier alpha value is -3.13. The van der Waals surface area contributed by atoms with Crippen molar-refractivity contribution in [2.75, 3.05) is 19.4 Å². The summed E-state index contributed by atoms with van der Waals surface area (Å²) in [6, 6.07) is 15.0. The lowest BCUT2D eigenvalue weighted by atomic mass is 10.0. The van der Waals surface area contributed by atoms with Crippen molar-refractivity contribution in [1.29, 1.82) is 0 Å². The van der Waals surface area contributed by atoms with Crippen LogP contribution in [0, 0.1) is 0 Å². The second-order valence-corrected chi connectivity index (χ2v) is 8.53. The molecule has 0 spiro atoms. The third kappa shape index (κ3) is 5.56. The van der Waals surface area contributed by atoms with Crippen LogP contribution < -0.4 is 10.9 Å². The van der Waals surface area contributed by atoms with Crippen LogP contribution in [0.3, 0.4) is 0 Å². The molecule has 168 valence electrons. The molecule has 3 aromatic rings. The molecular formula is C24H27N3O4S. The number of hydrogen-bond donors (Lipinski definition) is 1. The predicted octanol–water partition coefficient (Wildman–Crippen LogP) is 3.67. The zero-order valence-corrected chi connectivity index (χ0v) is 19.3. The van der Waals surface area contributed by atoms with Gasteiger partial charge in [0.25, 0.3) is 5.56 Å². The van der Waals surface area contributed by atoms with Gasteiger partial charge in [0.05, 0.1) is 29.5 Å². The molecule has 0 radical (unpaired) electrons. The molecule has 0 fully saturated rings. The van der Waals surface area contributed by atoms with Crippen LogP contribution in [-0.2, 0) is 14.3 Å². The number of methoxy groups -OCH3 is 1. The zero-order chi connectivity index (χ0) is 23.1. The van der Waals surface area contributed by atoms with Crippen LogP contribution in [0.25, 0.3) is 16.6 Å². The van der Waals surface area contributed by atoms with E-state index < -0.39 is 0 Å². The fourth-order valence-corrected chi connectivity index (χ4v) is 4.18. The first kappa shape index (κ1) is 23.5. The van der Waals surface area contributed by atoms with E-state index >= 15 is 0 Å². The first-order valence-electron chi connectivity index (χ1n) is 10.5. The van der Waals surface area contributed by atoms with Crippen molar-refractivity contribution in [3.63, 3.8) is 0 Å². The zero-order valence-electron chi connectivity index (χ0n) is 18.5. The maximum atomic E-state index is 13.4. The number of fused-ring (bicyclic) bond motifs is 1. The first-order chi connectivity index (χ1) is 15.4. The Morgan fingerprint density at radius 1 is 1.12 bits per heavy atom. The van der Waals surface area contributed by atoms with E-state index in [0.717, 1.165) is 11.3 Å². The van der Waals surface area contributed by atoms with E-state index in [0.29, 0.717) is 29.0 Å². The molecule has 0 saturated carbocycles. The van der Waals surface area contributed by atoms with Crippen molar-refractivity contribution >= 4 is 34.5 Å².